The van der Waals surface area contributed by atoms with Crippen molar-refractivity contribution in [3.63, 3.8) is 0 Å². The highest BCUT2D eigenvalue weighted by atomic mass is 16.5. The normalized spacial score (nSPS) is 34.2. The fraction of sp³-hybridized carbons (Fsp3) is 0.583. The molecule has 2 aliphatic heterocycles. The lowest BCUT2D eigenvalue weighted by molar-refractivity contribution is -0.165. The molecule has 3 aliphatic carbocycles. The first-order valence-electron chi connectivity index (χ1n) is 11.4. The number of esters is 1. The first-order chi connectivity index (χ1) is 15.4. The number of hydrogen-bond donors (Lipinski definition) is 3. The molecule has 0 aromatic heterocycles. The number of nitrogens with one attached hydrogen (secondary N) is 1. The summed E-state index contributed by atoms with van der Waals surface area (Å²) in [6.07, 6.45) is 5.20. The molecule has 1 aromatic carbocycles. The predicted molar refractivity (Wildman–Crippen MR) is 113 cm³/mol. The van der Waals surface area contributed by atoms with Crippen LogP contribution in [-0.4, -0.2) is 71.5 Å². The van der Waals surface area contributed by atoms with E-state index in [9.17, 15) is 19.8 Å². The number of nitrogens with zero attached hydrogens (tertiary/aromatic N) is 1. The van der Waals surface area contributed by atoms with Gasteiger partial charge in [0.1, 0.15) is 12.6 Å². The summed E-state index contributed by atoms with van der Waals surface area (Å²) < 4.78 is 10.9. The summed E-state index contributed by atoms with van der Waals surface area (Å²) in [6, 6.07) is 3.51. The number of phenols is 1. The molecule has 1 saturated carbocycles. The van der Waals surface area contributed by atoms with Gasteiger partial charge in [0.25, 0.3) is 5.91 Å². The highest BCUT2D eigenvalue weighted by Gasteiger charge is 2.72. The van der Waals surface area contributed by atoms with E-state index in [0.29, 0.717) is 36.5 Å². The van der Waals surface area contributed by atoms with Crippen LogP contribution in [-0.2, 0) is 26.2 Å². The van der Waals surface area contributed by atoms with Gasteiger partial charge in [-0.3, -0.25) is 14.5 Å². The Morgan fingerprint density at radius 3 is 2.91 bits per heavy atom. The lowest BCUT2D eigenvalue weighted by atomic mass is 9.49. The van der Waals surface area contributed by atoms with Gasteiger partial charge in [-0.25, -0.2) is 0 Å². The molecule has 170 valence electrons. The fourth-order valence-corrected chi connectivity index (χ4v) is 6.65. The number of amides is 1. The van der Waals surface area contributed by atoms with Crippen LogP contribution in [0.5, 0.6) is 11.5 Å². The van der Waals surface area contributed by atoms with Crippen LogP contribution in [0.15, 0.2) is 23.8 Å². The highest BCUT2D eigenvalue weighted by molar-refractivity contribution is 5.97. The van der Waals surface area contributed by atoms with E-state index in [1.165, 1.54) is 20.0 Å². The number of benzene rings is 1. The number of rotatable bonds is 5. The first kappa shape index (κ1) is 20.1. The summed E-state index contributed by atoms with van der Waals surface area (Å²) in [4.78, 5) is 27.0. The third-order valence-corrected chi connectivity index (χ3v) is 8.31. The minimum absolute atomic E-state index is 0.0306. The predicted octanol–water partition coefficient (Wildman–Crippen LogP) is 0.782. The minimum Gasteiger partial charge on any atom is -0.504 e. The largest absolute Gasteiger partial charge is 0.504 e. The fourth-order valence-electron chi connectivity index (χ4n) is 6.65. The van der Waals surface area contributed by atoms with Crippen molar-refractivity contribution in [2.45, 2.75) is 55.3 Å². The molecule has 32 heavy (non-hydrogen) atoms. The molecule has 8 heteroatoms. The van der Waals surface area contributed by atoms with Crippen LogP contribution in [0, 0.1) is 5.92 Å². The average Bonchev–Trinajstić information content (AvgIpc) is 3.52. The molecule has 5 aliphatic rings. The third-order valence-electron chi connectivity index (χ3n) is 8.31. The van der Waals surface area contributed by atoms with Crippen LogP contribution < -0.4 is 10.1 Å². The van der Waals surface area contributed by atoms with Crippen molar-refractivity contribution in [3.8, 4) is 11.5 Å². The first-order valence-corrected chi connectivity index (χ1v) is 11.4. The molecule has 4 atom stereocenters. The van der Waals surface area contributed by atoms with Gasteiger partial charge in [0.2, 0.25) is 0 Å². The summed E-state index contributed by atoms with van der Waals surface area (Å²) in [5.74, 6) is 0.176. The van der Waals surface area contributed by atoms with Crippen LogP contribution in [0.1, 0.15) is 36.8 Å². The Morgan fingerprint density at radius 1 is 1.34 bits per heavy atom. The zero-order valence-corrected chi connectivity index (χ0v) is 18.1. The van der Waals surface area contributed by atoms with Gasteiger partial charge in [-0.15, -0.1) is 0 Å². The number of methoxy groups -OCH3 is 1. The smallest absolute Gasteiger partial charge is 0.325 e. The monoisotopic (exact) mass is 440 g/mol. The van der Waals surface area contributed by atoms with Crippen LogP contribution in [0.4, 0.5) is 0 Å². The van der Waals surface area contributed by atoms with Gasteiger partial charge in [-0.05, 0) is 56.2 Å². The zero-order chi connectivity index (χ0) is 22.3. The van der Waals surface area contributed by atoms with Gasteiger partial charge in [-0.1, -0.05) is 12.1 Å². The second-order valence-corrected chi connectivity index (χ2v) is 9.87. The number of aromatic hydroxyl groups is 1. The number of ether oxygens (including phenoxy) is 2. The number of hydrogen-bond acceptors (Lipinski definition) is 7. The number of carbonyl (C=O) groups excluding carboxylic acids is 2. The number of likely N-dealkylation sites (tertiary alicyclic amines) is 1. The Bertz CT molecular complexity index is 1050. The van der Waals surface area contributed by atoms with Gasteiger partial charge >= 0.3 is 5.97 Å². The van der Waals surface area contributed by atoms with Crippen molar-refractivity contribution in [2.75, 3.05) is 26.7 Å². The molecule has 3 N–H and O–H groups in total. The van der Waals surface area contributed by atoms with Gasteiger partial charge in [-0.2, -0.15) is 0 Å². The summed E-state index contributed by atoms with van der Waals surface area (Å²) in [7, 11) is 1.27. The van der Waals surface area contributed by atoms with Crippen molar-refractivity contribution < 1.29 is 29.3 Å². The van der Waals surface area contributed by atoms with Crippen molar-refractivity contribution in [3.05, 3.63) is 34.9 Å². The van der Waals surface area contributed by atoms with E-state index >= 15 is 0 Å². The Labute approximate surface area is 186 Å². The van der Waals surface area contributed by atoms with E-state index in [-0.39, 0.29) is 18.3 Å². The molecular formula is C24H28N2O6. The zero-order valence-electron chi connectivity index (χ0n) is 18.1. The molecule has 8 nitrogen and oxygen atoms in total. The van der Waals surface area contributed by atoms with E-state index in [4.69, 9.17) is 4.74 Å². The molecule has 2 heterocycles. The van der Waals surface area contributed by atoms with Gasteiger partial charge < -0.3 is 25.0 Å². The molecule has 1 amide bonds. The van der Waals surface area contributed by atoms with Crippen LogP contribution in [0.2, 0.25) is 0 Å². The van der Waals surface area contributed by atoms with E-state index in [1.54, 1.807) is 12.1 Å². The number of phenolic OH excluding ortho intramolecular Hbond substituents is 1. The molecule has 6 rings (SSSR count). The minimum atomic E-state index is -1.09. The number of aliphatic hydroxyl groups is 1. The van der Waals surface area contributed by atoms with E-state index in [2.05, 4.69) is 15.0 Å². The Morgan fingerprint density at radius 2 is 2.16 bits per heavy atom. The maximum absolute atomic E-state index is 13.1. The van der Waals surface area contributed by atoms with E-state index in [1.807, 2.05) is 6.07 Å². The Hall–Kier alpha value is -2.58. The van der Waals surface area contributed by atoms with Crippen LogP contribution >= 0.6 is 0 Å². The van der Waals surface area contributed by atoms with Crippen LogP contribution in [0.3, 0.4) is 0 Å². The summed E-state index contributed by atoms with van der Waals surface area (Å²) in [6.45, 7) is 1.57. The number of piperidine rings is 1. The third kappa shape index (κ3) is 2.50. The van der Waals surface area contributed by atoms with Gasteiger partial charge in [0.05, 0.1) is 23.7 Å². The molecule has 2 fully saturated rings. The van der Waals surface area contributed by atoms with Gasteiger partial charge in [0, 0.05) is 18.2 Å². The van der Waals surface area contributed by atoms with Gasteiger partial charge in [0.15, 0.2) is 11.5 Å². The quantitative estimate of drug-likeness (QED) is 0.581. The second-order valence-electron chi connectivity index (χ2n) is 9.87. The molecule has 1 aromatic rings. The van der Waals surface area contributed by atoms with Crippen molar-refractivity contribution in [2.24, 2.45) is 5.92 Å². The summed E-state index contributed by atoms with van der Waals surface area (Å²) in [5.41, 5.74) is 0.441. The van der Waals surface area contributed by atoms with E-state index < -0.39 is 29.0 Å². The average molecular weight is 440 g/mol. The molecule has 2 bridgehead atoms. The summed E-state index contributed by atoms with van der Waals surface area (Å²) in [5, 5.41) is 25.5. The highest BCUT2D eigenvalue weighted by Crippen LogP contribution is 2.65. The van der Waals surface area contributed by atoms with Crippen molar-refractivity contribution in [1.82, 2.24) is 10.2 Å². The van der Waals surface area contributed by atoms with Crippen molar-refractivity contribution in [1.29, 1.82) is 0 Å². The molecule has 1 spiro atoms. The lowest BCUT2D eigenvalue weighted by Gasteiger charge is -2.62. The molecule has 0 radical (unpaired) electrons. The topological polar surface area (TPSA) is 108 Å². The second kappa shape index (κ2) is 6.71. The van der Waals surface area contributed by atoms with Crippen LogP contribution in [0.25, 0.3) is 0 Å². The molecule has 0 unspecified atom stereocenters. The summed E-state index contributed by atoms with van der Waals surface area (Å²) >= 11 is 0. The Kier molecular flexibility index (Phi) is 4.21. The van der Waals surface area contributed by atoms with Crippen molar-refractivity contribution >= 4 is 11.9 Å². The maximum atomic E-state index is 13.1. The maximum Gasteiger partial charge on any atom is 0.325 e. The SMILES string of the molecule is COC(=O)CNC(=O)C1=CC[C@@]2(O)[C@H]3Cc4ccc(O)c5c4[C@@]2(CCN3CC2CC2)[C@H]1O5. The number of carbonyl (C=O) groups is 2. The molecule has 1 saturated heterocycles. The Balaban J connectivity index is 1.44. The lowest BCUT2D eigenvalue weighted by Crippen LogP contribution is -2.75. The van der Waals surface area contributed by atoms with E-state index in [0.717, 1.165) is 24.2 Å². The molecular weight excluding hydrogens is 412 g/mol. The standard InChI is InChI=1S/C24H28N2O6/c1-31-18(28)11-25-22(29)15-6-7-24(30)17-10-14-4-5-16(27)20-19(14)23(24,21(15)32-20)8-9-26(17)12-13-2-3-13/h4-6,13,17,21,27,30H,2-3,7-12H2,1H3,(H,25,29)/t17-,21+,23+,24-/m1/s1.